The number of benzene rings is 1. The van der Waals surface area contributed by atoms with Gasteiger partial charge in [0.15, 0.2) is 17.1 Å². The standard InChI is InChI=1S/C19H21F2N7O3/c1-22-16-9-15(25-11-3-2-4-13-17(11)31-8-7-30-13)27-18-12(10-24-28(16)18)26-19(29)23-6-5-14(20)21/h2-4,9-10,14,22H,5-8H2,1H3,(H,25,27)(H2,23,26,29). The molecule has 0 bridgehead atoms. The third kappa shape index (κ3) is 4.52. The zero-order chi connectivity index (χ0) is 21.8. The molecule has 4 N–H and O–H groups in total. The molecule has 0 saturated heterocycles. The molecule has 4 rings (SSSR count). The Morgan fingerprint density at radius 2 is 2.10 bits per heavy atom. The van der Waals surface area contributed by atoms with Gasteiger partial charge >= 0.3 is 6.03 Å². The van der Waals surface area contributed by atoms with Crippen LogP contribution in [0, 0.1) is 0 Å². The van der Waals surface area contributed by atoms with Crippen LogP contribution in [0.5, 0.6) is 11.5 Å². The number of aromatic nitrogens is 3. The van der Waals surface area contributed by atoms with Gasteiger partial charge < -0.3 is 30.7 Å². The number of alkyl halides is 2. The van der Waals surface area contributed by atoms with E-state index in [0.717, 1.165) is 0 Å². The van der Waals surface area contributed by atoms with E-state index in [4.69, 9.17) is 9.47 Å². The first kappa shape index (κ1) is 20.4. The molecule has 1 aliphatic rings. The van der Waals surface area contributed by atoms with Gasteiger partial charge in [0.25, 0.3) is 0 Å². The topological polar surface area (TPSA) is 114 Å². The lowest BCUT2D eigenvalue weighted by Gasteiger charge is -2.21. The molecular formula is C19H21F2N7O3. The molecule has 0 fully saturated rings. The maximum absolute atomic E-state index is 12.3. The number of carbonyl (C=O) groups is 1. The molecule has 0 saturated carbocycles. The first-order valence-corrected chi connectivity index (χ1v) is 9.60. The molecule has 3 aromatic rings. The SMILES string of the molecule is CNc1cc(Nc2cccc3c2OCCO3)nc2c(NC(=O)NCCC(F)F)cnn12. The van der Waals surface area contributed by atoms with Crippen LogP contribution in [0.2, 0.25) is 0 Å². The summed E-state index contributed by atoms with van der Waals surface area (Å²) in [5, 5.41) is 15.4. The highest BCUT2D eigenvalue weighted by atomic mass is 19.3. The van der Waals surface area contributed by atoms with Crippen LogP contribution < -0.4 is 30.7 Å². The molecule has 3 heterocycles. The van der Waals surface area contributed by atoms with E-state index in [-0.39, 0.29) is 6.54 Å². The lowest BCUT2D eigenvalue weighted by molar-refractivity contribution is 0.138. The van der Waals surface area contributed by atoms with E-state index in [0.29, 0.717) is 53.4 Å². The van der Waals surface area contributed by atoms with E-state index in [1.807, 2.05) is 18.2 Å². The number of hydrogen-bond donors (Lipinski definition) is 4. The highest BCUT2D eigenvalue weighted by Crippen LogP contribution is 2.38. The maximum atomic E-state index is 12.3. The first-order valence-electron chi connectivity index (χ1n) is 9.60. The molecule has 0 unspecified atom stereocenters. The summed E-state index contributed by atoms with van der Waals surface area (Å²) in [6, 6.07) is 6.62. The number of nitrogens with one attached hydrogen (secondary N) is 4. The molecule has 12 heteroatoms. The normalized spacial score (nSPS) is 12.6. The van der Waals surface area contributed by atoms with Gasteiger partial charge in [0.1, 0.15) is 30.5 Å². The van der Waals surface area contributed by atoms with Crippen molar-refractivity contribution in [1.82, 2.24) is 19.9 Å². The van der Waals surface area contributed by atoms with Crippen molar-refractivity contribution in [3.05, 3.63) is 30.5 Å². The van der Waals surface area contributed by atoms with Crippen LogP contribution in [0.1, 0.15) is 6.42 Å². The van der Waals surface area contributed by atoms with Gasteiger partial charge in [0.2, 0.25) is 6.43 Å². The number of anilines is 4. The zero-order valence-corrected chi connectivity index (χ0v) is 16.6. The Balaban J connectivity index is 1.59. The number of ether oxygens (including phenoxy) is 2. The molecule has 2 aromatic heterocycles. The number of urea groups is 1. The number of carbonyl (C=O) groups excluding carboxylic acids is 1. The van der Waals surface area contributed by atoms with Crippen LogP contribution in [0.25, 0.3) is 5.65 Å². The fraction of sp³-hybridized carbons (Fsp3) is 0.316. The van der Waals surface area contributed by atoms with Crippen LogP contribution in [-0.4, -0.2) is 53.9 Å². The average Bonchev–Trinajstić information content (AvgIpc) is 3.16. The molecule has 10 nitrogen and oxygen atoms in total. The number of hydrogen-bond acceptors (Lipinski definition) is 7. The van der Waals surface area contributed by atoms with Gasteiger partial charge in [-0.2, -0.15) is 9.61 Å². The van der Waals surface area contributed by atoms with Gasteiger partial charge in [0.05, 0.1) is 11.9 Å². The summed E-state index contributed by atoms with van der Waals surface area (Å²) in [7, 11) is 1.73. The molecule has 0 spiro atoms. The molecule has 2 amide bonds. The monoisotopic (exact) mass is 433 g/mol. The lowest BCUT2D eigenvalue weighted by Crippen LogP contribution is -2.30. The number of amides is 2. The Morgan fingerprint density at radius 1 is 1.26 bits per heavy atom. The summed E-state index contributed by atoms with van der Waals surface area (Å²) in [5.41, 5.74) is 1.36. The molecule has 1 aromatic carbocycles. The highest BCUT2D eigenvalue weighted by molar-refractivity contribution is 5.93. The average molecular weight is 433 g/mol. The fourth-order valence-corrected chi connectivity index (χ4v) is 3.06. The second-order valence-corrected chi connectivity index (χ2v) is 6.59. The summed E-state index contributed by atoms with van der Waals surface area (Å²) < 4.78 is 37.3. The third-order valence-electron chi connectivity index (χ3n) is 4.45. The molecule has 0 atom stereocenters. The third-order valence-corrected chi connectivity index (χ3v) is 4.45. The summed E-state index contributed by atoms with van der Waals surface area (Å²) in [6.07, 6.45) is -1.48. The van der Waals surface area contributed by atoms with Gasteiger partial charge in [-0.3, -0.25) is 0 Å². The van der Waals surface area contributed by atoms with Gasteiger partial charge in [-0.15, -0.1) is 0 Å². The van der Waals surface area contributed by atoms with E-state index in [1.165, 1.54) is 10.7 Å². The van der Waals surface area contributed by atoms with E-state index in [9.17, 15) is 13.6 Å². The van der Waals surface area contributed by atoms with Crippen LogP contribution in [0.3, 0.4) is 0 Å². The molecule has 31 heavy (non-hydrogen) atoms. The minimum Gasteiger partial charge on any atom is -0.486 e. The molecular weight excluding hydrogens is 412 g/mol. The Bertz CT molecular complexity index is 1090. The lowest BCUT2D eigenvalue weighted by atomic mass is 10.2. The summed E-state index contributed by atoms with van der Waals surface area (Å²) in [4.78, 5) is 16.6. The van der Waals surface area contributed by atoms with Crippen molar-refractivity contribution in [3.63, 3.8) is 0 Å². The van der Waals surface area contributed by atoms with Crippen LogP contribution in [0.15, 0.2) is 30.5 Å². The van der Waals surface area contributed by atoms with Gasteiger partial charge in [0, 0.05) is 26.1 Å². The molecule has 1 aliphatic heterocycles. The van der Waals surface area contributed by atoms with Crippen molar-refractivity contribution in [2.75, 3.05) is 42.8 Å². The van der Waals surface area contributed by atoms with Crippen molar-refractivity contribution >= 4 is 34.7 Å². The fourth-order valence-electron chi connectivity index (χ4n) is 3.06. The highest BCUT2D eigenvalue weighted by Gasteiger charge is 2.18. The van der Waals surface area contributed by atoms with Crippen molar-refractivity contribution in [3.8, 4) is 11.5 Å². The number of nitrogens with zero attached hydrogens (tertiary/aromatic N) is 3. The molecule has 164 valence electrons. The van der Waals surface area contributed by atoms with Gasteiger partial charge in [-0.05, 0) is 12.1 Å². The Kier molecular flexibility index (Phi) is 5.87. The summed E-state index contributed by atoms with van der Waals surface area (Å²) in [5.74, 6) is 2.31. The number of rotatable bonds is 7. The van der Waals surface area contributed by atoms with Crippen LogP contribution in [-0.2, 0) is 0 Å². The molecule has 0 aliphatic carbocycles. The van der Waals surface area contributed by atoms with E-state index in [2.05, 4.69) is 31.3 Å². The number of halogens is 2. The minimum absolute atomic E-state index is 0.147. The zero-order valence-electron chi connectivity index (χ0n) is 16.6. The second kappa shape index (κ2) is 8.90. The van der Waals surface area contributed by atoms with Crippen LogP contribution in [0.4, 0.5) is 36.6 Å². The van der Waals surface area contributed by atoms with Crippen molar-refractivity contribution in [2.45, 2.75) is 12.8 Å². The van der Waals surface area contributed by atoms with Crippen molar-refractivity contribution in [2.24, 2.45) is 0 Å². The largest absolute Gasteiger partial charge is 0.486 e. The van der Waals surface area contributed by atoms with E-state index >= 15 is 0 Å². The number of para-hydroxylation sites is 1. The van der Waals surface area contributed by atoms with Crippen LogP contribution >= 0.6 is 0 Å². The minimum atomic E-state index is -2.48. The smallest absolute Gasteiger partial charge is 0.319 e. The van der Waals surface area contributed by atoms with Crippen molar-refractivity contribution in [1.29, 1.82) is 0 Å². The Morgan fingerprint density at radius 3 is 2.90 bits per heavy atom. The van der Waals surface area contributed by atoms with Gasteiger partial charge in [-0.1, -0.05) is 6.07 Å². The maximum Gasteiger partial charge on any atom is 0.319 e. The molecule has 0 radical (unpaired) electrons. The summed E-state index contributed by atoms with van der Waals surface area (Å²) >= 11 is 0. The summed E-state index contributed by atoms with van der Waals surface area (Å²) in [6.45, 7) is 0.776. The van der Waals surface area contributed by atoms with E-state index in [1.54, 1.807) is 13.1 Å². The quantitative estimate of drug-likeness (QED) is 0.453. The van der Waals surface area contributed by atoms with Crippen molar-refractivity contribution < 1.29 is 23.0 Å². The number of fused-ring (bicyclic) bond motifs is 2. The predicted molar refractivity (Wildman–Crippen MR) is 111 cm³/mol. The Labute approximate surface area is 175 Å². The first-order chi connectivity index (χ1) is 15.0. The Hall–Kier alpha value is -3.83. The predicted octanol–water partition coefficient (Wildman–Crippen LogP) is 3.06. The second-order valence-electron chi connectivity index (χ2n) is 6.59. The van der Waals surface area contributed by atoms with E-state index < -0.39 is 18.9 Å². The van der Waals surface area contributed by atoms with Gasteiger partial charge in [-0.25, -0.2) is 18.6 Å².